The van der Waals surface area contributed by atoms with Gasteiger partial charge in [0.25, 0.3) is 0 Å². The van der Waals surface area contributed by atoms with Crippen molar-refractivity contribution in [2.24, 2.45) is 0 Å². The van der Waals surface area contributed by atoms with E-state index in [0.717, 1.165) is 17.1 Å². The summed E-state index contributed by atoms with van der Waals surface area (Å²) in [5, 5.41) is 12.7. The first-order chi connectivity index (χ1) is 11.8. The third-order valence-corrected chi connectivity index (χ3v) is 4.61. The summed E-state index contributed by atoms with van der Waals surface area (Å²) in [6.07, 6.45) is 6.21. The van der Waals surface area contributed by atoms with Crippen LogP contribution in [0.5, 0.6) is 0 Å². The number of H-pyrrole nitrogens is 1. The van der Waals surface area contributed by atoms with Crippen molar-refractivity contribution in [3.8, 4) is 0 Å². The molecule has 0 unspecified atom stereocenters. The first-order valence-corrected chi connectivity index (χ1v) is 8.69. The van der Waals surface area contributed by atoms with Crippen LogP contribution in [-0.2, 0) is 17.8 Å². The van der Waals surface area contributed by atoms with Gasteiger partial charge in [-0.3, -0.25) is 4.79 Å². The zero-order valence-corrected chi connectivity index (χ0v) is 14.1. The van der Waals surface area contributed by atoms with Gasteiger partial charge < -0.3 is 14.9 Å². The topological polar surface area (TPSA) is 75.6 Å². The van der Waals surface area contributed by atoms with Crippen LogP contribution in [0.3, 0.4) is 0 Å². The molecule has 0 saturated carbocycles. The van der Waals surface area contributed by atoms with Crippen LogP contribution >= 0.6 is 11.8 Å². The molecule has 0 aliphatic carbocycles. The van der Waals surface area contributed by atoms with E-state index in [1.165, 1.54) is 22.7 Å². The molecule has 0 aliphatic heterocycles. The summed E-state index contributed by atoms with van der Waals surface area (Å²) < 4.78 is 1.86. The second kappa shape index (κ2) is 7.83. The van der Waals surface area contributed by atoms with Gasteiger partial charge in [-0.2, -0.15) is 0 Å². The lowest BCUT2D eigenvalue weighted by atomic mass is 10.1. The number of benzene rings is 1. The molecule has 7 heteroatoms. The van der Waals surface area contributed by atoms with Gasteiger partial charge in [0.05, 0.1) is 5.75 Å². The largest absolute Gasteiger partial charge is 0.361 e. The van der Waals surface area contributed by atoms with Crippen molar-refractivity contribution in [3.63, 3.8) is 0 Å². The minimum atomic E-state index is -0.00649. The predicted molar refractivity (Wildman–Crippen MR) is 96.0 cm³/mol. The lowest BCUT2D eigenvalue weighted by molar-refractivity contribution is -0.118. The van der Waals surface area contributed by atoms with E-state index in [-0.39, 0.29) is 5.91 Å². The maximum absolute atomic E-state index is 12.0. The highest BCUT2D eigenvalue weighted by molar-refractivity contribution is 7.99. The summed E-state index contributed by atoms with van der Waals surface area (Å²) >= 11 is 1.38. The van der Waals surface area contributed by atoms with Gasteiger partial charge in [0.2, 0.25) is 5.91 Å². The van der Waals surface area contributed by atoms with E-state index in [9.17, 15) is 4.79 Å². The van der Waals surface area contributed by atoms with Gasteiger partial charge in [-0.05, 0) is 18.1 Å². The third kappa shape index (κ3) is 3.86. The summed E-state index contributed by atoms with van der Waals surface area (Å²) in [6, 6.07) is 8.17. The lowest BCUT2D eigenvalue weighted by Crippen LogP contribution is -2.27. The molecule has 0 spiro atoms. The molecule has 0 saturated heterocycles. The molecule has 1 amide bonds. The first kappa shape index (κ1) is 16.3. The van der Waals surface area contributed by atoms with Crippen molar-refractivity contribution in [1.29, 1.82) is 0 Å². The van der Waals surface area contributed by atoms with Crippen LogP contribution in [0.4, 0.5) is 0 Å². The Bertz CT molecular complexity index is 838. The van der Waals surface area contributed by atoms with Crippen LogP contribution in [-0.4, -0.2) is 38.0 Å². The van der Waals surface area contributed by atoms with Crippen LogP contribution in [0.15, 0.2) is 54.6 Å². The summed E-state index contributed by atoms with van der Waals surface area (Å²) in [4.78, 5) is 15.2. The van der Waals surface area contributed by atoms with Crippen LogP contribution in [0, 0.1) is 0 Å². The van der Waals surface area contributed by atoms with Gasteiger partial charge in [0.1, 0.15) is 6.33 Å². The molecule has 0 atom stereocenters. The molecule has 2 N–H and O–H groups in total. The molecular weight excluding hydrogens is 322 g/mol. The molecule has 0 fully saturated rings. The van der Waals surface area contributed by atoms with E-state index in [4.69, 9.17) is 0 Å². The number of nitrogens with zero attached hydrogens (tertiary/aromatic N) is 3. The number of amides is 1. The number of aromatic amines is 1. The molecule has 0 radical (unpaired) electrons. The summed E-state index contributed by atoms with van der Waals surface area (Å²) in [5.41, 5.74) is 2.33. The number of thioether (sulfide) groups is 1. The minimum absolute atomic E-state index is 0.00649. The average Bonchev–Trinajstić information content (AvgIpc) is 3.21. The Balaban J connectivity index is 1.46. The third-order valence-electron chi connectivity index (χ3n) is 3.63. The number of rotatable bonds is 8. The predicted octanol–water partition coefficient (Wildman–Crippen LogP) is 2.40. The van der Waals surface area contributed by atoms with Crippen molar-refractivity contribution in [3.05, 3.63) is 55.0 Å². The number of carbonyl (C=O) groups excluding carboxylic acids is 1. The first-order valence-electron chi connectivity index (χ1n) is 7.71. The highest BCUT2D eigenvalue weighted by atomic mass is 32.2. The number of nitrogens with one attached hydrogen (secondary N) is 2. The molecule has 0 bridgehead atoms. The quantitative estimate of drug-likeness (QED) is 0.487. The molecule has 2 aromatic heterocycles. The maximum atomic E-state index is 12.0. The number of aromatic nitrogens is 4. The molecular formula is C17H19N5OS. The highest BCUT2D eigenvalue weighted by Gasteiger charge is 2.08. The normalized spacial score (nSPS) is 10.8. The standard InChI is InChI=1S/C17H19N5OS/c1-2-9-22-12-20-21-17(22)24-11-16(23)18-8-7-13-10-19-15-6-4-3-5-14(13)15/h2-6,10,12,19H,1,7-9,11H2,(H,18,23). The average molecular weight is 341 g/mol. The fraction of sp³-hybridized carbons (Fsp3) is 0.235. The van der Waals surface area contributed by atoms with Gasteiger partial charge in [0.15, 0.2) is 5.16 Å². The Labute approximate surface area is 144 Å². The van der Waals surface area contributed by atoms with E-state index < -0.39 is 0 Å². The van der Waals surface area contributed by atoms with Gasteiger partial charge in [-0.1, -0.05) is 36.0 Å². The number of hydrogen-bond donors (Lipinski definition) is 2. The molecule has 24 heavy (non-hydrogen) atoms. The van der Waals surface area contributed by atoms with E-state index in [1.54, 1.807) is 12.4 Å². The Kier molecular flexibility index (Phi) is 5.32. The molecule has 124 valence electrons. The summed E-state index contributed by atoms with van der Waals surface area (Å²) in [5.74, 6) is 0.317. The van der Waals surface area contributed by atoms with Crippen molar-refractivity contribution in [2.75, 3.05) is 12.3 Å². The Morgan fingerprint density at radius 2 is 2.29 bits per heavy atom. The van der Waals surface area contributed by atoms with Gasteiger partial charge in [-0.25, -0.2) is 0 Å². The SMILES string of the molecule is C=CCn1cnnc1SCC(=O)NCCc1c[nH]c2ccccc12. The Morgan fingerprint density at radius 1 is 1.42 bits per heavy atom. The summed E-state index contributed by atoms with van der Waals surface area (Å²) in [7, 11) is 0. The lowest BCUT2D eigenvalue weighted by Gasteiger charge is -2.05. The molecule has 2 heterocycles. The number of fused-ring (bicyclic) bond motifs is 1. The molecule has 6 nitrogen and oxygen atoms in total. The van der Waals surface area contributed by atoms with E-state index in [2.05, 4.69) is 33.1 Å². The number of allylic oxidation sites excluding steroid dienone is 1. The fourth-order valence-electron chi connectivity index (χ4n) is 2.48. The van der Waals surface area contributed by atoms with Crippen molar-refractivity contribution in [1.82, 2.24) is 25.1 Å². The van der Waals surface area contributed by atoms with Gasteiger partial charge in [-0.15, -0.1) is 16.8 Å². The molecule has 1 aromatic carbocycles. The minimum Gasteiger partial charge on any atom is -0.361 e. The molecule has 3 rings (SSSR count). The monoisotopic (exact) mass is 341 g/mol. The maximum Gasteiger partial charge on any atom is 0.230 e. The number of carbonyl (C=O) groups is 1. The van der Waals surface area contributed by atoms with Crippen LogP contribution in [0.2, 0.25) is 0 Å². The van der Waals surface area contributed by atoms with Crippen LogP contribution < -0.4 is 5.32 Å². The molecule has 0 aliphatic rings. The smallest absolute Gasteiger partial charge is 0.230 e. The van der Waals surface area contributed by atoms with E-state index in [0.29, 0.717) is 18.8 Å². The van der Waals surface area contributed by atoms with Crippen LogP contribution in [0.25, 0.3) is 10.9 Å². The van der Waals surface area contributed by atoms with Crippen molar-refractivity contribution in [2.45, 2.75) is 18.1 Å². The van der Waals surface area contributed by atoms with Crippen LogP contribution in [0.1, 0.15) is 5.56 Å². The second-order valence-corrected chi connectivity index (χ2v) is 6.25. The Morgan fingerprint density at radius 3 is 3.17 bits per heavy atom. The van der Waals surface area contributed by atoms with Gasteiger partial charge in [0, 0.05) is 30.2 Å². The Hall–Kier alpha value is -2.54. The van der Waals surface area contributed by atoms with Crippen molar-refractivity contribution >= 4 is 28.6 Å². The van der Waals surface area contributed by atoms with E-state index >= 15 is 0 Å². The fourth-order valence-corrected chi connectivity index (χ4v) is 3.23. The van der Waals surface area contributed by atoms with Crippen molar-refractivity contribution < 1.29 is 4.79 Å². The zero-order chi connectivity index (χ0) is 16.8. The summed E-state index contributed by atoms with van der Waals surface area (Å²) in [6.45, 7) is 4.94. The zero-order valence-electron chi connectivity index (χ0n) is 13.2. The second-order valence-electron chi connectivity index (χ2n) is 5.30. The number of para-hydroxylation sites is 1. The molecule has 3 aromatic rings. The van der Waals surface area contributed by atoms with Gasteiger partial charge >= 0.3 is 0 Å². The highest BCUT2D eigenvalue weighted by Crippen LogP contribution is 2.18. The number of hydrogen-bond acceptors (Lipinski definition) is 4. The van der Waals surface area contributed by atoms with E-state index in [1.807, 2.05) is 29.0 Å².